The molecule has 134 valence electrons. The van der Waals surface area contributed by atoms with Crippen LogP contribution in [0.25, 0.3) is 0 Å². The van der Waals surface area contributed by atoms with E-state index in [-0.39, 0.29) is 0 Å². The van der Waals surface area contributed by atoms with E-state index < -0.39 is 0 Å². The van der Waals surface area contributed by atoms with E-state index in [0.717, 1.165) is 17.2 Å². The molecule has 1 aliphatic rings. The molecule has 25 heavy (non-hydrogen) atoms. The van der Waals surface area contributed by atoms with E-state index in [1.807, 2.05) is 11.3 Å². The molecule has 0 bridgehead atoms. The lowest BCUT2D eigenvalue weighted by molar-refractivity contribution is 0.205. The van der Waals surface area contributed by atoms with Crippen LogP contribution in [0, 0.1) is 0 Å². The number of hydrogen-bond donors (Lipinski definition) is 1. The van der Waals surface area contributed by atoms with Gasteiger partial charge in [0.05, 0.1) is 6.04 Å². The molecule has 0 spiro atoms. The standard InChI is InChI=1S/C21H28N2S2/c1-3-17-9-7-10-18(15-17)22-21(24)23(19-11-5-4-6-12-19)16(2)20-13-8-14-25-20/h7-10,13-16,19H,3-6,11-12H2,1-2H3,(H,22,24)/t16-/m0/s1. The molecule has 1 N–H and O–H groups in total. The minimum absolute atomic E-state index is 0.317. The average Bonchev–Trinajstić information content (AvgIpc) is 3.17. The van der Waals surface area contributed by atoms with Crippen molar-refractivity contribution in [2.45, 2.75) is 64.5 Å². The number of thiocarbonyl (C=S) groups is 1. The van der Waals surface area contributed by atoms with Crippen LogP contribution in [0.5, 0.6) is 0 Å². The van der Waals surface area contributed by atoms with E-state index in [2.05, 4.69) is 65.8 Å². The van der Waals surface area contributed by atoms with Crippen molar-refractivity contribution in [3.63, 3.8) is 0 Å². The summed E-state index contributed by atoms with van der Waals surface area (Å²) in [5.74, 6) is 0. The minimum atomic E-state index is 0.317. The lowest BCUT2D eigenvalue weighted by Crippen LogP contribution is -2.45. The topological polar surface area (TPSA) is 15.3 Å². The van der Waals surface area contributed by atoms with E-state index in [4.69, 9.17) is 12.2 Å². The highest BCUT2D eigenvalue weighted by Gasteiger charge is 2.28. The maximum absolute atomic E-state index is 5.89. The number of nitrogens with one attached hydrogen (secondary N) is 1. The van der Waals surface area contributed by atoms with Crippen LogP contribution in [0.3, 0.4) is 0 Å². The van der Waals surface area contributed by atoms with Crippen molar-refractivity contribution in [2.24, 2.45) is 0 Å². The van der Waals surface area contributed by atoms with Gasteiger partial charge < -0.3 is 10.2 Å². The number of benzene rings is 1. The average molecular weight is 373 g/mol. The van der Waals surface area contributed by atoms with Gasteiger partial charge in [0, 0.05) is 16.6 Å². The summed E-state index contributed by atoms with van der Waals surface area (Å²) in [5, 5.41) is 6.54. The Kier molecular flexibility index (Phi) is 6.49. The van der Waals surface area contributed by atoms with Crippen LogP contribution in [0.15, 0.2) is 41.8 Å². The predicted octanol–water partition coefficient (Wildman–Crippen LogP) is 6.40. The number of rotatable bonds is 5. The number of thiophene rings is 1. The van der Waals surface area contributed by atoms with Crippen molar-refractivity contribution in [2.75, 3.05) is 5.32 Å². The van der Waals surface area contributed by atoms with E-state index in [1.54, 1.807) is 0 Å². The van der Waals surface area contributed by atoms with Crippen LogP contribution in [0.1, 0.15) is 62.4 Å². The van der Waals surface area contributed by atoms with Gasteiger partial charge in [0.25, 0.3) is 0 Å². The first-order valence-electron chi connectivity index (χ1n) is 9.40. The first-order valence-corrected chi connectivity index (χ1v) is 10.7. The molecule has 0 aliphatic heterocycles. The zero-order chi connectivity index (χ0) is 17.6. The summed E-state index contributed by atoms with van der Waals surface area (Å²) < 4.78 is 0. The second-order valence-corrected chi connectivity index (χ2v) is 8.24. The van der Waals surface area contributed by atoms with Gasteiger partial charge in [-0.1, -0.05) is 44.4 Å². The first-order chi connectivity index (χ1) is 12.2. The molecule has 1 saturated carbocycles. The first kappa shape index (κ1) is 18.4. The fraction of sp³-hybridized carbons (Fsp3) is 0.476. The third kappa shape index (κ3) is 4.62. The van der Waals surface area contributed by atoms with Gasteiger partial charge in [0.2, 0.25) is 0 Å². The summed E-state index contributed by atoms with van der Waals surface area (Å²) in [6, 6.07) is 13.8. The van der Waals surface area contributed by atoms with Gasteiger partial charge in [-0.2, -0.15) is 0 Å². The molecular weight excluding hydrogens is 344 g/mol. The van der Waals surface area contributed by atoms with Crippen molar-refractivity contribution >= 4 is 34.4 Å². The van der Waals surface area contributed by atoms with Crippen LogP contribution in [0.4, 0.5) is 5.69 Å². The molecule has 3 rings (SSSR count). The van der Waals surface area contributed by atoms with Gasteiger partial charge in [0.15, 0.2) is 5.11 Å². The lowest BCUT2D eigenvalue weighted by Gasteiger charge is -2.40. The van der Waals surface area contributed by atoms with E-state index in [1.165, 1.54) is 42.5 Å². The Morgan fingerprint density at radius 2 is 2.04 bits per heavy atom. The highest BCUT2D eigenvalue weighted by Crippen LogP contribution is 2.32. The number of anilines is 1. The number of hydrogen-bond acceptors (Lipinski definition) is 2. The number of aryl methyl sites for hydroxylation is 1. The molecule has 1 heterocycles. The Hall–Kier alpha value is -1.39. The maximum Gasteiger partial charge on any atom is 0.174 e. The van der Waals surface area contributed by atoms with Gasteiger partial charge in [0.1, 0.15) is 0 Å². The highest BCUT2D eigenvalue weighted by atomic mass is 32.1. The highest BCUT2D eigenvalue weighted by molar-refractivity contribution is 7.80. The fourth-order valence-electron chi connectivity index (χ4n) is 3.74. The molecule has 2 aromatic rings. The van der Waals surface area contributed by atoms with Crippen molar-refractivity contribution in [1.82, 2.24) is 4.90 Å². The molecule has 0 saturated heterocycles. The van der Waals surface area contributed by atoms with Crippen molar-refractivity contribution in [3.05, 3.63) is 52.2 Å². The molecule has 1 aromatic heterocycles. The molecular formula is C21H28N2S2. The summed E-state index contributed by atoms with van der Waals surface area (Å²) >= 11 is 7.71. The monoisotopic (exact) mass is 372 g/mol. The van der Waals surface area contributed by atoms with Gasteiger partial charge in [-0.25, -0.2) is 0 Å². The molecule has 1 fully saturated rings. The fourth-order valence-corrected chi connectivity index (χ4v) is 4.95. The minimum Gasteiger partial charge on any atom is -0.338 e. The summed E-state index contributed by atoms with van der Waals surface area (Å²) in [5.41, 5.74) is 2.44. The molecule has 2 nitrogen and oxygen atoms in total. The summed E-state index contributed by atoms with van der Waals surface area (Å²) in [6.45, 7) is 4.47. The lowest BCUT2D eigenvalue weighted by atomic mass is 9.93. The normalized spacial score (nSPS) is 16.4. The molecule has 1 atom stereocenters. The Morgan fingerprint density at radius 3 is 2.72 bits per heavy atom. The van der Waals surface area contributed by atoms with Crippen molar-refractivity contribution < 1.29 is 0 Å². The molecule has 0 amide bonds. The van der Waals surface area contributed by atoms with Gasteiger partial charge in [-0.3, -0.25) is 0 Å². The van der Waals surface area contributed by atoms with Gasteiger partial charge >= 0.3 is 0 Å². The van der Waals surface area contributed by atoms with Gasteiger partial charge in [-0.15, -0.1) is 11.3 Å². The second-order valence-electron chi connectivity index (χ2n) is 6.87. The largest absolute Gasteiger partial charge is 0.338 e. The van der Waals surface area contributed by atoms with E-state index in [0.29, 0.717) is 12.1 Å². The Balaban J connectivity index is 1.80. The zero-order valence-electron chi connectivity index (χ0n) is 15.2. The van der Waals surface area contributed by atoms with Crippen LogP contribution in [-0.2, 0) is 6.42 Å². The molecule has 1 aliphatic carbocycles. The van der Waals surface area contributed by atoms with Crippen LogP contribution in [-0.4, -0.2) is 16.1 Å². The third-order valence-corrected chi connectivity index (χ3v) is 6.52. The Morgan fingerprint density at radius 1 is 1.24 bits per heavy atom. The summed E-state index contributed by atoms with van der Waals surface area (Å²) in [7, 11) is 0. The van der Waals surface area contributed by atoms with Crippen LogP contribution in [0.2, 0.25) is 0 Å². The predicted molar refractivity (Wildman–Crippen MR) is 113 cm³/mol. The summed E-state index contributed by atoms with van der Waals surface area (Å²) in [6.07, 6.45) is 7.51. The van der Waals surface area contributed by atoms with Crippen LogP contribution >= 0.6 is 23.6 Å². The SMILES string of the molecule is CCc1cccc(NC(=S)N(C2CCCCC2)[C@@H](C)c2cccs2)c1. The van der Waals surface area contributed by atoms with E-state index in [9.17, 15) is 0 Å². The Bertz CT molecular complexity index is 675. The Labute approximate surface area is 161 Å². The molecule has 4 heteroatoms. The van der Waals surface area contributed by atoms with E-state index >= 15 is 0 Å². The molecule has 0 radical (unpaired) electrons. The quantitative estimate of drug-likeness (QED) is 0.611. The maximum atomic E-state index is 5.89. The third-order valence-electron chi connectivity index (χ3n) is 5.16. The van der Waals surface area contributed by atoms with Crippen molar-refractivity contribution in [3.8, 4) is 0 Å². The smallest absolute Gasteiger partial charge is 0.174 e. The molecule has 0 unspecified atom stereocenters. The van der Waals surface area contributed by atoms with Crippen LogP contribution < -0.4 is 5.32 Å². The van der Waals surface area contributed by atoms with Crippen molar-refractivity contribution in [1.29, 1.82) is 0 Å². The molecule has 1 aromatic carbocycles. The zero-order valence-corrected chi connectivity index (χ0v) is 16.8. The van der Waals surface area contributed by atoms with Gasteiger partial charge in [-0.05, 0) is 67.5 Å². The second kappa shape index (κ2) is 8.81. The summed E-state index contributed by atoms with van der Waals surface area (Å²) in [4.78, 5) is 3.84. The number of nitrogens with zero attached hydrogens (tertiary/aromatic N) is 1.